The van der Waals surface area contributed by atoms with Crippen LogP contribution in [0.5, 0.6) is 11.5 Å². The van der Waals surface area contributed by atoms with Crippen LogP contribution in [0.2, 0.25) is 0 Å². The molecule has 0 radical (unpaired) electrons. The molecule has 0 amide bonds. The summed E-state index contributed by atoms with van der Waals surface area (Å²) in [4.78, 5) is 0. The Kier molecular flexibility index (Phi) is 2.61. The third-order valence-corrected chi connectivity index (χ3v) is 2.17. The van der Waals surface area contributed by atoms with Crippen LogP contribution in [-0.4, -0.2) is 10.2 Å². The van der Waals surface area contributed by atoms with Gasteiger partial charge in [0.2, 0.25) is 0 Å². The number of phenolic OH excluding ortho intramolecular Hbond substituents is 2. The fraction of sp³-hybridized carbons (Fsp3) is 0.273. The lowest BCUT2D eigenvalue weighted by atomic mass is 10.0. The third-order valence-electron chi connectivity index (χ3n) is 2.17. The Morgan fingerprint density at radius 3 is 2.38 bits per heavy atom. The number of phenols is 2. The Morgan fingerprint density at radius 2 is 1.85 bits per heavy atom. The van der Waals surface area contributed by atoms with Crippen molar-refractivity contribution < 1.29 is 10.2 Å². The summed E-state index contributed by atoms with van der Waals surface area (Å²) in [6.07, 6.45) is 1.89. The van der Waals surface area contributed by atoms with Gasteiger partial charge in [0, 0.05) is 5.56 Å². The number of aromatic hydroxyl groups is 2. The van der Waals surface area contributed by atoms with Crippen molar-refractivity contribution >= 4 is 5.57 Å². The fourth-order valence-corrected chi connectivity index (χ4v) is 1.15. The molecule has 0 bridgehead atoms. The molecule has 1 aromatic carbocycles. The minimum atomic E-state index is 0.214. The molecule has 2 heteroatoms. The van der Waals surface area contributed by atoms with Crippen LogP contribution in [-0.2, 0) is 0 Å². The predicted molar refractivity (Wildman–Crippen MR) is 53.8 cm³/mol. The summed E-state index contributed by atoms with van der Waals surface area (Å²) in [7, 11) is 0. The molecule has 0 unspecified atom stereocenters. The van der Waals surface area contributed by atoms with Crippen molar-refractivity contribution in [3.05, 3.63) is 29.3 Å². The summed E-state index contributed by atoms with van der Waals surface area (Å²) in [5, 5.41) is 19.0. The van der Waals surface area contributed by atoms with E-state index in [4.69, 9.17) is 0 Å². The fourth-order valence-electron chi connectivity index (χ4n) is 1.15. The van der Waals surface area contributed by atoms with Crippen molar-refractivity contribution in [2.45, 2.75) is 20.8 Å². The molecular formula is C11H14O2. The van der Waals surface area contributed by atoms with Gasteiger partial charge in [0.25, 0.3) is 0 Å². The van der Waals surface area contributed by atoms with Crippen molar-refractivity contribution in [3.8, 4) is 11.5 Å². The zero-order chi connectivity index (χ0) is 10.0. The zero-order valence-electron chi connectivity index (χ0n) is 8.13. The maximum absolute atomic E-state index is 9.57. The molecule has 0 saturated heterocycles. The van der Waals surface area contributed by atoms with Crippen LogP contribution < -0.4 is 0 Å². The van der Waals surface area contributed by atoms with Crippen molar-refractivity contribution in [2.24, 2.45) is 0 Å². The van der Waals surface area contributed by atoms with Gasteiger partial charge in [0.1, 0.15) is 11.5 Å². The van der Waals surface area contributed by atoms with E-state index in [1.165, 1.54) is 0 Å². The van der Waals surface area contributed by atoms with Gasteiger partial charge in [-0.15, -0.1) is 0 Å². The van der Waals surface area contributed by atoms with E-state index >= 15 is 0 Å². The second kappa shape index (κ2) is 3.52. The second-order valence-electron chi connectivity index (χ2n) is 3.13. The van der Waals surface area contributed by atoms with Crippen LogP contribution in [0, 0.1) is 6.92 Å². The SMILES string of the molecule is C/C=C(\C)c1cc(O)c(C)cc1O. The monoisotopic (exact) mass is 178 g/mol. The molecule has 0 aliphatic carbocycles. The molecule has 2 nitrogen and oxygen atoms in total. The number of hydrogen-bond donors (Lipinski definition) is 2. The van der Waals surface area contributed by atoms with Gasteiger partial charge in [0.15, 0.2) is 0 Å². The maximum Gasteiger partial charge on any atom is 0.123 e. The van der Waals surface area contributed by atoms with Gasteiger partial charge in [-0.05, 0) is 44.0 Å². The van der Waals surface area contributed by atoms with E-state index in [9.17, 15) is 10.2 Å². The van der Waals surface area contributed by atoms with Crippen molar-refractivity contribution in [2.75, 3.05) is 0 Å². The molecule has 70 valence electrons. The first kappa shape index (κ1) is 9.65. The number of hydrogen-bond acceptors (Lipinski definition) is 2. The van der Waals surface area contributed by atoms with Crippen LogP contribution in [0.4, 0.5) is 0 Å². The summed E-state index contributed by atoms with van der Waals surface area (Å²) in [6.45, 7) is 5.54. The molecule has 0 aliphatic heterocycles. The molecular weight excluding hydrogens is 164 g/mol. The van der Waals surface area contributed by atoms with Crippen LogP contribution in [0.25, 0.3) is 5.57 Å². The van der Waals surface area contributed by atoms with Crippen LogP contribution in [0.3, 0.4) is 0 Å². The van der Waals surface area contributed by atoms with E-state index < -0.39 is 0 Å². The van der Waals surface area contributed by atoms with Gasteiger partial charge < -0.3 is 10.2 Å². The maximum atomic E-state index is 9.57. The van der Waals surface area contributed by atoms with E-state index in [2.05, 4.69) is 0 Å². The number of allylic oxidation sites excluding steroid dienone is 2. The molecule has 1 rings (SSSR count). The Labute approximate surface area is 78.2 Å². The van der Waals surface area contributed by atoms with Gasteiger partial charge in [-0.3, -0.25) is 0 Å². The van der Waals surface area contributed by atoms with Gasteiger partial charge in [-0.25, -0.2) is 0 Å². The van der Waals surface area contributed by atoms with E-state index in [1.54, 1.807) is 19.1 Å². The van der Waals surface area contributed by atoms with Gasteiger partial charge >= 0.3 is 0 Å². The molecule has 0 aliphatic rings. The molecule has 0 saturated carbocycles. The number of aryl methyl sites for hydroxylation is 1. The molecule has 0 heterocycles. The number of rotatable bonds is 1. The highest BCUT2D eigenvalue weighted by atomic mass is 16.3. The van der Waals surface area contributed by atoms with Crippen LogP contribution in [0.15, 0.2) is 18.2 Å². The predicted octanol–water partition coefficient (Wildman–Crippen LogP) is 2.83. The first-order chi connectivity index (χ1) is 6.06. The molecule has 13 heavy (non-hydrogen) atoms. The quantitative estimate of drug-likeness (QED) is 0.649. The molecule has 0 fully saturated rings. The Hall–Kier alpha value is -1.44. The first-order valence-electron chi connectivity index (χ1n) is 4.22. The first-order valence-corrected chi connectivity index (χ1v) is 4.22. The van der Waals surface area contributed by atoms with Crippen molar-refractivity contribution in [3.63, 3.8) is 0 Å². The topological polar surface area (TPSA) is 40.5 Å². The van der Waals surface area contributed by atoms with E-state index in [0.717, 1.165) is 5.57 Å². The normalized spacial score (nSPS) is 11.8. The van der Waals surface area contributed by atoms with Gasteiger partial charge in [-0.2, -0.15) is 0 Å². The lowest BCUT2D eigenvalue weighted by Crippen LogP contribution is -1.83. The number of benzene rings is 1. The highest BCUT2D eigenvalue weighted by Crippen LogP contribution is 2.31. The van der Waals surface area contributed by atoms with E-state index in [-0.39, 0.29) is 11.5 Å². The lowest BCUT2D eigenvalue weighted by molar-refractivity contribution is 0.455. The lowest BCUT2D eigenvalue weighted by Gasteiger charge is -2.07. The molecule has 0 aromatic heterocycles. The largest absolute Gasteiger partial charge is 0.508 e. The van der Waals surface area contributed by atoms with Crippen molar-refractivity contribution in [1.82, 2.24) is 0 Å². The summed E-state index contributed by atoms with van der Waals surface area (Å²) in [6, 6.07) is 3.15. The minimum Gasteiger partial charge on any atom is -0.508 e. The molecule has 1 aromatic rings. The third kappa shape index (κ3) is 1.83. The summed E-state index contributed by atoms with van der Waals surface area (Å²) in [5.41, 5.74) is 2.32. The van der Waals surface area contributed by atoms with Gasteiger partial charge in [-0.1, -0.05) is 6.08 Å². The second-order valence-corrected chi connectivity index (χ2v) is 3.13. The van der Waals surface area contributed by atoms with Crippen LogP contribution >= 0.6 is 0 Å². The van der Waals surface area contributed by atoms with Gasteiger partial charge in [0.05, 0.1) is 0 Å². The van der Waals surface area contributed by atoms with E-state index in [0.29, 0.717) is 11.1 Å². The summed E-state index contributed by atoms with van der Waals surface area (Å²) in [5.74, 6) is 0.430. The summed E-state index contributed by atoms with van der Waals surface area (Å²) >= 11 is 0. The highest BCUT2D eigenvalue weighted by molar-refractivity contribution is 5.70. The molecule has 2 N–H and O–H groups in total. The van der Waals surface area contributed by atoms with E-state index in [1.807, 2.05) is 19.9 Å². The Balaban J connectivity index is 3.32. The smallest absolute Gasteiger partial charge is 0.123 e. The average Bonchev–Trinajstić information content (AvgIpc) is 2.10. The van der Waals surface area contributed by atoms with Crippen molar-refractivity contribution in [1.29, 1.82) is 0 Å². The Bertz CT molecular complexity index is 351. The summed E-state index contributed by atoms with van der Waals surface area (Å²) < 4.78 is 0. The molecule has 0 atom stereocenters. The highest BCUT2D eigenvalue weighted by Gasteiger charge is 2.06. The standard InChI is InChI=1S/C11H14O2/c1-4-7(2)9-6-10(12)8(3)5-11(9)13/h4-6,12-13H,1-3H3/b7-4+. The zero-order valence-corrected chi connectivity index (χ0v) is 8.13. The Morgan fingerprint density at radius 1 is 1.23 bits per heavy atom. The minimum absolute atomic E-state index is 0.214. The average molecular weight is 178 g/mol. The molecule has 0 spiro atoms. The van der Waals surface area contributed by atoms with Crippen LogP contribution in [0.1, 0.15) is 25.0 Å².